The van der Waals surface area contributed by atoms with Crippen molar-refractivity contribution in [3.05, 3.63) is 29.1 Å². The van der Waals surface area contributed by atoms with E-state index in [-0.39, 0.29) is 12.1 Å². The number of methoxy groups -OCH3 is 1. The van der Waals surface area contributed by atoms with Crippen LogP contribution in [-0.2, 0) is 0 Å². The SMILES string of the molecule is COc1ccc(F)c(C(O)CN)c1C. The Kier molecular flexibility index (Phi) is 3.43. The molecule has 0 aliphatic rings. The summed E-state index contributed by atoms with van der Waals surface area (Å²) < 4.78 is 18.3. The molecule has 0 aromatic heterocycles. The molecule has 1 aromatic carbocycles. The number of nitrogens with two attached hydrogens (primary N) is 1. The maximum Gasteiger partial charge on any atom is 0.129 e. The number of rotatable bonds is 3. The second-order valence-corrected chi connectivity index (χ2v) is 3.04. The molecule has 14 heavy (non-hydrogen) atoms. The Morgan fingerprint density at radius 1 is 1.57 bits per heavy atom. The molecule has 0 saturated heterocycles. The second kappa shape index (κ2) is 4.39. The Balaban J connectivity index is 3.25. The van der Waals surface area contributed by atoms with E-state index in [9.17, 15) is 9.50 Å². The fourth-order valence-electron chi connectivity index (χ4n) is 1.42. The number of ether oxygens (including phenoxy) is 1. The van der Waals surface area contributed by atoms with Crippen LogP contribution < -0.4 is 10.5 Å². The summed E-state index contributed by atoms with van der Waals surface area (Å²) >= 11 is 0. The molecular weight excluding hydrogens is 185 g/mol. The Morgan fingerprint density at radius 3 is 2.71 bits per heavy atom. The second-order valence-electron chi connectivity index (χ2n) is 3.04. The molecular formula is C10H14FNO2. The molecule has 3 N–H and O–H groups in total. The highest BCUT2D eigenvalue weighted by atomic mass is 19.1. The minimum absolute atomic E-state index is 0.00900. The predicted octanol–water partition coefficient (Wildman–Crippen LogP) is 1.13. The van der Waals surface area contributed by atoms with Crippen LogP contribution in [0.25, 0.3) is 0 Å². The molecule has 1 rings (SSSR count). The lowest BCUT2D eigenvalue weighted by molar-refractivity contribution is 0.180. The fourth-order valence-corrected chi connectivity index (χ4v) is 1.42. The smallest absolute Gasteiger partial charge is 0.129 e. The highest BCUT2D eigenvalue weighted by molar-refractivity contribution is 5.41. The van der Waals surface area contributed by atoms with Crippen molar-refractivity contribution in [2.45, 2.75) is 13.0 Å². The predicted molar refractivity (Wildman–Crippen MR) is 51.7 cm³/mol. The summed E-state index contributed by atoms with van der Waals surface area (Å²) in [6.07, 6.45) is -0.981. The summed E-state index contributed by atoms with van der Waals surface area (Å²) in [5.41, 5.74) is 6.08. The van der Waals surface area contributed by atoms with Gasteiger partial charge < -0.3 is 15.6 Å². The van der Waals surface area contributed by atoms with Crippen LogP contribution in [0.1, 0.15) is 17.2 Å². The molecule has 0 spiro atoms. The highest BCUT2D eigenvalue weighted by Crippen LogP contribution is 2.28. The van der Waals surface area contributed by atoms with Gasteiger partial charge in [0.1, 0.15) is 11.6 Å². The number of aliphatic hydroxyl groups is 1. The van der Waals surface area contributed by atoms with Crippen molar-refractivity contribution in [2.24, 2.45) is 5.73 Å². The van der Waals surface area contributed by atoms with E-state index >= 15 is 0 Å². The zero-order valence-electron chi connectivity index (χ0n) is 8.25. The Labute approximate surface area is 82.3 Å². The minimum atomic E-state index is -0.981. The standard InChI is InChI=1S/C10H14FNO2/c1-6-9(14-2)4-3-7(11)10(6)8(13)5-12/h3-4,8,13H,5,12H2,1-2H3. The number of benzene rings is 1. The topological polar surface area (TPSA) is 55.5 Å². The maximum atomic E-state index is 13.3. The molecule has 0 radical (unpaired) electrons. The molecule has 1 unspecified atom stereocenters. The number of aliphatic hydroxyl groups excluding tert-OH is 1. The van der Waals surface area contributed by atoms with Gasteiger partial charge in [0, 0.05) is 12.1 Å². The minimum Gasteiger partial charge on any atom is -0.496 e. The lowest BCUT2D eigenvalue weighted by Gasteiger charge is -2.15. The summed E-state index contributed by atoms with van der Waals surface area (Å²) in [5, 5.41) is 9.49. The van der Waals surface area contributed by atoms with Crippen molar-refractivity contribution in [2.75, 3.05) is 13.7 Å². The maximum absolute atomic E-state index is 13.3. The Bertz CT molecular complexity index is 328. The molecule has 3 nitrogen and oxygen atoms in total. The van der Waals surface area contributed by atoms with Gasteiger partial charge in [-0.25, -0.2) is 4.39 Å². The largest absolute Gasteiger partial charge is 0.496 e. The first-order valence-electron chi connectivity index (χ1n) is 4.33. The van der Waals surface area contributed by atoms with E-state index < -0.39 is 11.9 Å². The quantitative estimate of drug-likeness (QED) is 0.767. The van der Waals surface area contributed by atoms with Crippen molar-refractivity contribution < 1.29 is 14.2 Å². The van der Waals surface area contributed by atoms with E-state index in [1.165, 1.54) is 19.2 Å². The molecule has 0 fully saturated rings. The molecule has 1 atom stereocenters. The summed E-state index contributed by atoms with van der Waals surface area (Å²) in [6.45, 7) is 1.68. The van der Waals surface area contributed by atoms with E-state index in [0.717, 1.165) is 0 Å². The van der Waals surface area contributed by atoms with Crippen LogP contribution in [0.5, 0.6) is 5.75 Å². The van der Waals surface area contributed by atoms with E-state index in [1.807, 2.05) is 0 Å². The molecule has 0 amide bonds. The van der Waals surface area contributed by atoms with Gasteiger partial charge in [0.2, 0.25) is 0 Å². The van der Waals surface area contributed by atoms with Crippen molar-refractivity contribution >= 4 is 0 Å². The normalized spacial score (nSPS) is 12.6. The molecule has 0 aliphatic heterocycles. The number of halogens is 1. The molecule has 4 heteroatoms. The van der Waals surface area contributed by atoms with Gasteiger partial charge in [0.05, 0.1) is 13.2 Å². The van der Waals surface area contributed by atoms with Crippen LogP contribution in [0.15, 0.2) is 12.1 Å². The van der Waals surface area contributed by atoms with Gasteiger partial charge in [0.25, 0.3) is 0 Å². The van der Waals surface area contributed by atoms with Gasteiger partial charge in [-0.3, -0.25) is 0 Å². The van der Waals surface area contributed by atoms with Crippen LogP contribution in [0.3, 0.4) is 0 Å². The zero-order chi connectivity index (χ0) is 10.7. The van der Waals surface area contributed by atoms with Crippen LogP contribution in [-0.4, -0.2) is 18.8 Å². The van der Waals surface area contributed by atoms with Gasteiger partial charge in [-0.2, -0.15) is 0 Å². The lowest BCUT2D eigenvalue weighted by atomic mass is 10.0. The van der Waals surface area contributed by atoms with Crippen molar-refractivity contribution in [1.82, 2.24) is 0 Å². The molecule has 78 valence electrons. The van der Waals surface area contributed by atoms with Crippen molar-refractivity contribution in [3.8, 4) is 5.75 Å². The Hall–Kier alpha value is -1.13. The van der Waals surface area contributed by atoms with Crippen molar-refractivity contribution in [1.29, 1.82) is 0 Å². The third kappa shape index (κ3) is 1.86. The van der Waals surface area contributed by atoms with Crippen LogP contribution >= 0.6 is 0 Å². The third-order valence-corrected chi connectivity index (χ3v) is 2.19. The van der Waals surface area contributed by atoms with E-state index in [0.29, 0.717) is 11.3 Å². The summed E-state index contributed by atoms with van der Waals surface area (Å²) in [5.74, 6) is 0.0927. The zero-order valence-corrected chi connectivity index (χ0v) is 8.25. The van der Waals surface area contributed by atoms with Gasteiger partial charge >= 0.3 is 0 Å². The van der Waals surface area contributed by atoms with Crippen molar-refractivity contribution in [3.63, 3.8) is 0 Å². The van der Waals surface area contributed by atoms with Gasteiger partial charge in [-0.05, 0) is 24.6 Å². The average Bonchev–Trinajstić information content (AvgIpc) is 2.18. The van der Waals surface area contributed by atoms with Crippen LogP contribution in [0, 0.1) is 12.7 Å². The molecule has 0 aliphatic carbocycles. The van der Waals surface area contributed by atoms with Gasteiger partial charge in [0.15, 0.2) is 0 Å². The van der Waals surface area contributed by atoms with Gasteiger partial charge in [-0.15, -0.1) is 0 Å². The van der Waals surface area contributed by atoms with Crippen LogP contribution in [0.2, 0.25) is 0 Å². The Morgan fingerprint density at radius 2 is 2.21 bits per heavy atom. The highest BCUT2D eigenvalue weighted by Gasteiger charge is 2.16. The first-order valence-corrected chi connectivity index (χ1v) is 4.33. The summed E-state index contributed by atoms with van der Waals surface area (Å²) in [4.78, 5) is 0. The first-order chi connectivity index (χ1) is 6.61. The molecule has 0 bridgehead atoms. The lowest BCUT2D eigenvalue weighted by Crippen LogP contribution is -2.14. The monoisotopic (exact) mass is 199 g/mol. The first kappa shape index (κ1) is 10.9. The summed E-state index contributed by atoms with van der Waals surface area (Å²) in [6, 6.07) is 2.79. The van der Waals surface area contributed by atoms with E-state index in [4.69, 9.17) is 10.5 Å². The fraction of sp³-hybridized carbons (Fsp3) is 0.400. The third-order valence-electron chi connectivity index (χ3n) is 2.19. The van der Waals surface area contributed by atoms with E-state index in [2.05, 4.69) is 0 Å². The van der Waals surface area contributed by atoms with Gasteiger partial charge in [-0.1, -0.05) is 0 Å². The molecule has 0 heterocycles. The van der Waals surface area contributed by atoms with E-state index in [1.54, 1.807) is 6.92 Å². The average molecular weight is 199 g/mol. The molecule has 1 aromatic rings. The number of hydrogen-bond donors (Lipinski definition) is 2. The van der Waals surface area contributed by atoms with Crippen LogP contribution in [0.4, 0.5) is 4.39 Å². The summed E-state index contributed by atoms with van der Waals surface area (Å²) in [7, 11) is 1.50. The number of hydrogen-bond acceptors (Lipinski definition) is 3. The molecule has 0 saturated carbocycles.